The number of anilines is 2. The number of sulfonamides is 1. The lowest BCUT2D eigenvalue weighted by atomic mass is 10.3. The molecule has 0 amide bonds. The molecular formula is C12H10Cl2N2O2S. The van der Waals surface area contributed by atoms with E-state index in [0.717, 1.165) is 0 Å². The van der Waals surface area contributed by atoms with Crippen molar-refractivity contribution in [1.29, 1.82) is 0 Å². The highest BCUT2D eigenvalue weighted by atomic mass is 35.5. The van der Waals surface area contributed by atoms with E-state index >= 15 is 0 Å². The summed E-state index contributed by atoms with van der Waals surface area (Å²) in [5.74, 6) is 0. The van der Waals surface area contributed by atoms with Crippen LogP contribution in [0.4, 0.5) is 11.4 Å². The molecular weight excluding hydrogens is 307 g/mol. The summed E-state index contributed by atoms with van der Waals surface area (Å²) in [6, 6.07) is 10.7. The predicted molar refractivity (Wildman–Crippen MR) is 78.1 cm³/mol. The molecule has 0 unspecified atom stereocenters. The van der Waals surface area contributed by atoms with Crippen LogP contribution in [0.5, 0.6) is 0 Å². The number of rotatable bonds is 3. The first kappa shape index (κ1) is 14.0. The van der Waals surface area contributed by atoms with E-state index in [9.17, 15) is 8.42 Å². The minimum Gasteiger partial charge on any atom is -0.398 e. The summed E-state index contributed by atoms with van der Waals surface area (Å²) >= 11 is 11.7. The Morgan fingerprint density at radius 3 is 2.32 bits per heavy atom. The van der Waals surface area contributed by atoms with Gasteiger partial charge in [0.25, 0.3) is 10.0 Å². The molecule has 2 aromatic rings. The second-order valence-electron chi connectivity index (χ2n) is 3.77. The summed E-state index contributed by atoms with van der Waals surface area (Å²) < 4.78 is 26.7. The van der Waals surface area contributed by atoms with Gasteiger partial charge in [0.2, 0.25) is 0 Å². The molecule has 0 atom stereocenters. The number of hydrogen-bond acceptors (Lipinski definition) is 3. The lowest BCUT2D eigenvalue weighted by Gasteiger charge is -2.10. The monoisotopic (exact) mass is 316 g/mol. The van der Waals surface area contributed by atoms with E-state index in [4.69, 9.17) is 28.9 Å². The third kappa shape index (κ3) is 3.12. The van der Waals surface area contributed by atoms with Crippen LogP contribution in [0.2, 0.25) is 10.0 Å². The van der Waals surface area contributed by atoms with Crippen LogP contribution in [0.3, 0.4) is 0 Å². The van der Waals surface area contributed by atoms with Crippen LogP contribution in [0.1, 0.15) is 0 Å². The molecule has 0 bridgehead atoms. The molecule has 0 radical (unpaired) electrons. The van der Waals surface area contributed by atoms with Crippen LogP contribution < -0.4 is 10.5 Å². The molecule has 19 heavy (non-hydrogen) atoms. The molecule has 0 heterocycles. The zero-order chi connectivity index (χ0) is 14.0. The molecule has 0 aliphatic rings. The van der Waals surface area contributed by atoms with Gasteiger partial charge in [0.15, 0.2) is 0 Å². The predicted octanol–water partition coefficient (Wildman–Crippen LogP) is 3.38. The molecule has 7 heteroatoms. The van der Waals surface area contributed by atoms with Crippen LogP contribution in [-0.4, -0.2) is 8.42 Å². The maximum Gasteiger partial charge on any atom is 0.263 e. The van der Waals surface area contributed by atoms with Crippen molar-refractivity contribution >= 4 is 44.6 Å². The van der Waals surface area contributed by atoms with E-state index in [1.807, 2.05) is 0 Å². The molecule has 0 aliphatic carbocycles. The Kier molecular flexibility index (Phi) is 3.89. The van der Waals surface area contributed by atoms with Crippen molar-refractivity contribution in [1.82, 2.24) is 0 Å². The Morgan fingerprint density at radius 1 is 1.00 bits per heavy atom. The summed E-state index contributed by atoms with van der Waals surface area (Å²) in [5, 5.41) is 0.427. The first-order valence-corrected chi connectivity index (χ1v) is 7.46. The number of halogens is 2. The molecule has 2 rings (SSSR count). The Hall–Kier alpha value is -1.43. The highest BCUT2D eigenvalue weighted by molar-refractivity contribution is 7.92. The fraction of sp³-hybridized carbons (Fsp3) is 0. The average Bonchev–Trinajstić information content (AvgIpc) is 2.34. The molecule has 3 N–H and O–H groups in total. The molecule has 4 nitrogen and oxygen atoms in total. The molecule has 0 saturated heterocycles. The van der Waals surface area contributed by atoms with Gasteiger partial charge in [0, 0.05) is 0 Å². The number of nitrogen functional groups attached to an aromatic ring is 1. The number of hydrogen-bond donors (Lipinski definition) is 2. The number of nitrogens with one attached hydrogen (secondary N) is 1. The van der Waals surface area contributed by atoms with Crippen molar-refractivity contribution in [2.75, 3.05) is 10.5 Å². The highest BCUT2D eigenvalue weighted by Gasteiger charge is 2.17. The van der Waals surface area contributed by atoms with Gasteiger partial charge in [-0.15, -0.1) is 0 Å². The summed E-state index contributed by atoms with van der Waals surface area (Å²) in [7, 11) is -3.76. The van der Waals surface area contributed by atoms with Crippen LogP contribution >= 0.6 is 23.2 Å². The molecule has 0 saturated carbocycles. The van der Waals surface area contributed by atoms with Gasteiger partial charge in [-0.2, -0.15) is 0 Å². The van der Waals surface area contributed by atoms with Crippen molar-refractivity contribution in [2.24, 2.45) is 0 Å². The standard InChI is InChI=1S/C12H10Cl2N2O2S/c13-9-3-1-2-4-12(9)19(17,18)16-8-5-6-11(15)10(14)7-8/h1-7,16H,15H2. The Bertz CT molecular complexity index is 717. The van der Waals surface area contributed by atoms with E-state index in [2.05, 4.69) is 4.72 Å². The average molecular weight is 317 g/mol. The third-order valence-electron chi connectivity index (χ3n) is 2.38. The number of benzene rings is 2. The highest BCUT2D eigenvalue weighted by Crippen LogP contribution is 2.26. The van der Waals surface area contributed by atoms with E-state index in [0.29, 0.717) is 11.4 Å². The molecule has 0 spiro atoms. The van der Waals surface area contributed by atoms with Gasteiger partial charge in [0.05, 0.1) is 21.4 Å². The second-order valence-corrected chi connectivity index (χ2v) is 6.24. The molecule has 0 aromatic heterocycles. The molecule has 0 fully saturated rings. The van der Waals surface area contributed by atoms with Gasteiger partial charge in [-0.25, -0.2) is 8.42 Å². The van der Waals surface area contributed by atoms with Crippen LogP contribution in [-0.2, 0) is 10.0 Å². The molecule has 2 aromatic carbocycles. The van der Waals surface area contributed by atoms with Crippen LogP contribution in [0, 0.1) is 0 Å². The minimum atomic E-state index is -3.76. The van der Waals surface area contributed by atoms with Crippen molar-refractivity contribution in [3.63, 3.8) is 0 Å². The van der Waals surface area contributed by atoms with Gasteiger partial charge < -0.3 is 5.73 Å². The lowest BCUT2D eigenvalue weighted by Crippen LogP contribution is -2.13. The second kappa shape index (κ2) is 5.28. The van der Waals surface area contributed by atoms with E-state index in [1.165, 1.54) is 30.3 Å². The van der Waals surface area contributed by atoms with E-state index in [-0.39, 0.29) is 14.9 Å². The Balaban J connectivity index is 2.37. The Labute approximate surface area is 121 Å². The zero-order valence-electron chi connectivity index (χ0n) is 9.60. The summed E-state index contributed by atoms with van der Waals surface area (Å²) in [6.45, 7) is 0. The Morgan fingerprint density at radius 2 is 1.68 bits per heavy atom. The normalized spacial score (nSPS) is 11.3. The van der Waals surface area contributed by atoms with Crippen LogP contribution in [0.15, 0.2) is 47.4 Å². The maximum atomic E-state index is 12.1. The number of nitrogens with two attached hydrogens (primary N) is 1. The smallest absolute Gasteiger partial charge is 0.263 e. The van der Waals surface area contributed by atoms with Gasteiger partial charge in [-0.3, -0.25) is 4.72 Å². The van der Waals surface area contributed by atoms with E-state index in [1.54, 1.807) is 12.1 Å². The van der Waals surface area contributed by atoms with Gasteiger partial charge >= 0.3 is 0 Å². The molecule has 0 aliphatic heterocycles. The first-order valence-electron chi connectivity index (χ1n) is 5.22. The fourth-order valence-electron chi connectivity index (χ4n) is 1.46. The van der Waals surface area contributed by atoms with Crippen molar-refractivity contribution in [3.8, 4) is 0 Å². The van der Waals surface area contributed by atoms with Gasteiger partial charge in [-0.1, -0.05) is 35.3 Å². The van der Waals surface area contributed by atoms with Crippen molar-refractivity contribution in [3.05, 3.63) is 52.5 Å². The van der Waals surface area contributed by atoms with Gasteiger partial charge in [0.1, 0.15) is 4.90 Å². The molecule has 100 valence electrons. The quantitative estimate of drug-likeness (QED) is 0.853. The summed E-state index contributed by atoms with van der Waals surface area (Å²) in [6.07, 6.45) is 0. The largest absolute Gasteiger partial charge is 0.398 e. The first-order chi connectivity index (χ1) is 8.90. The van der Waals surface area contributed by atoms with E-state index < -0.39 is 10.0 Å². The van der Waals surface area contributed by atoms with Crippen LogP contribution in [0.25, 0.3) is 0 Å². The van der Waals surface area contributed by atoms with Gasteiger partial charge in [-0.05, 0) is 30.3 Å². The fourth-order valence-corrected chi connectivity index (χ4v) is 3.21. The van der Waals surface area contributed by atoms with Crippen molar-refractivity contribution in [2.45, 2.75) is 4.90 Å². The minimum absolute atomic E-state index is 0.00427. The zero-order valence-corrected chi connectivity index (χ0v) is 11.9. The third-order valence-corrected chi connectivity index (χ3v) is 4.59. The lowest BCUT2D eigenvalue weighted by molar-refractivity contribution is 0.601. The maximum absolute atomic E-state index is 12.1. The summed E-state index contributed by atoms with van der Waals surface area (Å²) in [4.78, 5) is 0.00427. The summed E-state index contributed by atoms with van der Waals surface area (Å²) in [5.41, 5.74) is 6.25. The SMILES string of the molecule is Nc1ccc(NS(=O)(=O)c2ccccc2Cl)cc1Cl. The topological polar surface area (TPSA) is 72.2 Å². The van der Waals surface area contributed by atoms with Crippen molar-refractivity contribution < 1.29 is 8.42 Å².